The van der Waals surface area contributed by atoms with Crippen molar-refractivity contribution in [3.8, 4) is 0 Å². The summed E-state index contributed by atoms with van der Waals surface area (Å²) in [5, 5.41) is 0.486. The Labute approximate surface area is 110 Å². The number of carbonyl (C=O) groups excluding carboxylic acids is 1. The Morgan fingerprint density at radius 3 is 2.78 bits per heavy atom. The molecule has 0 saturated heterocycles. The van der Waals surface area contributed by atoms with Gasteiger partial charge in [-0.3, -0.25) is 9.78 Å². The van der Waals surface area contributed by atoms with Crippen LogP contribution in [-0.2, 0) is 16.1 Å². The molecule has 0 unspecified atom stereocenters. The van der Waals surface area contributed by atoms with Crippen LogP contribution >= 0.6 is 11.6 Å². The van der Waals surface area contributed by atoms with E-state index in [2.05, 4.69) is 4.98 Å². The molecule has 0 N–H and O–H groups in total. The zero-order valence-electron chi connectivity index (χ0n) is 9.54. The highest BCUT2D eigenvalue weighted by Crippen LogP contribution is 2.11. The zero-order valence-corrected chi connectivity index (χ0v) is 10.3. The summed E-state index contributed by atoms with van der Waals surface area (Å²) in [5.41, 5.74) is 1.57. The summed E-state index contributed by atoms with van der Waals surface area (Å²) in [5.74, 6) is -0.414. The van der Waals surface area contributed by atoms with Crippen LogP contribution in [0.5, 0.6) is 0 Å². The average molecular weight is 261 g/mol. The fraction of sp³-hybridized carbons (Fsp3) is 0.0714. The maximum atomic E-state index is 11.5. The van der Waals surface area contributed by atoms with Gasteiger partial charge in [-0.1, -0.05) is 41.9 Å². The Hall–Kier alpha value is -1.87. The van der Waals surface area contributed by atoms with Crippen molar-refractivity contribution < 1.29 is 9.53 Å². The molecule has 0 spiro atoms. The second kappa shape index (κ2) is 6.17. The zero-order chi connectivity index (χ0) is 12.8. The van der Waals surface area contributed by atoms with E-state index in [4.69, 9.17) is 16.3 Å². The highest BCUT2D eigenvalue weighted by Gasteiger charge is 2.06. The molecule has 0 bridgehead atoms. The van der Waals surface area contributed by atoms with Crippen LogP contribution in [0.2, 0.25) is 5.02 Å². The topological polar surface area (TPSA) is 39.2 Å². The van der Waals surface area contributed by atoms with E-state index in [9.17, 15) is 4.79 Å². The molecule has 0 saturated carbocycles. The van der Waals surface area contributed by atoms with Crippen molar-refractivity contribution in [2.24, 2.45) is 0 Å². The quantitative estimate of drug-likeness (QED) is 0.793. The van der Waals surface area contributed by atoms with Crippen LogP contribution in [0.3, 0.4) is 0 Å². The lowest BCUT2D eigenvalue weighted by Gasteiger charge is -2.04. The number of carbonyl (C=O) groups is 1. The normalized spacial score (nSPS) is 10.1. The van der Waals surface area contributed by atoms with E-state index in [1.54, 1.807) is 12.3 Å². The largest absolute Gasteiger partial charge is 0.460 e. The summed E-state index contributed by atoms with van der Waals surface area (Å²) < 4.78 is 5.11. The van der Waals surface area contributed by atoms with Crippen molar-refractivity contribution in [2.45, 2.75) is 6.61 Å². The van der Waals surface area contributed by atoms with Crippen molar-refractivity contribution in [3.63, 3.8) is 0 Å². The van der Waals surface area contributed by atoms with Gasteiger partial charge in [-0.2, -0.15) is 0 Å². The van der Waals surface area contributed by atoms with Crippen molar-refractivity contribution >= 4 is 17.6 Å². The van der Waals surface area contributed by atoms with Gasteiger partial charge in [-0.05, 0) is 17.2 Å². The third kappa shape index (κ3) is 3.86. The minimum atomic E-state index is -0.414. The number of nitrogens with zero attached hydrogens (tertiary/aromatic N) is 1. The molecule has 4 heteroatoms. The molecule has 1 radical (unpaired) electrons. The minimum Gasteiger partial charge on any atom is -0.460 e. The van der Waals surface area contributed by atoms with Gasteiger partial charge in [-0.25, -0.2) is 0 Å². The first kappa shape index (κ1) is 12.6. The van der Waals surface area contributed by atoms with Crippen LogP contribution in [0.25, 0.3) is 0 Å². The predicted molar refractivity (Wildman–Crippen MR) is 68.9 cm³/mol. The molecule has 0 aliphatic heterocycles. The first-order valence-electron chi connectivity index (χ1n) is 5.40. The highest BCUT2D eigenvalue weighted by atomic mass is 35.5. The van der Waals surface area contributed by atoms with Gasteiger partial charge >= 0.3 is 5.97 Å². The number of halogens is 1. The van der Waals surface area contributed by atoms with E-state index >= 15 is 0 Å². The average Bonchev–Trinajstić information content (AvgIpc) is 2.38. The van der Waals surface area contributed by atoms with Gasteiger partial charge in [0.25, 0.3) is 0 Å². The van der Waals surface area contributed by atoms with Gasteiger partial charge in [0.15, 0.2) is 0 Å². The SMILES string of the molecule is O=C([CH]c1cncc(Cl)c1)OCc1ccccc1. The molecule has 0 aliphatic rings. The number of aromatic nitrogens is 1. The Kier molecular flexibility index (Phi) is 4.31. The van der Waals surface area contributed by atoms with Crippen molar-refractivity contribution in [2.75, 3.05) is 0 Å². The van der Waals surface area contributed by atoms with Crippen LogP contribution in [0.15, 0.2) is 48.8 Å². The number of hydrogen-bond acceptors (Lipinski definition) is 3. The fourth-order valence-corrected chi connectivity index (χ4v) is 1.60. The Morgan fingerprint density at radius 2 is 2.06 bits per heavy atom. The molecule has 3 nitrogen and oxygen atoms in total. The summed E-state index contributed by atoms with van der Waals surface area (Å²) >= 11 is 5.77. The molecular formula is C14H11ClNO2. The Bertz CT molecular complexity index is 528. The van der Waals surface area contributed by atoms with Gasteiger partial charge in [0.05, 0.1) is 5.02 Å². The molecule has 18 heavy (non-hydrogen) atoms. The lowest BCUT2D eigenvalue weighted by Crippen LogP contribution is -2.06. The van der Waals surface area contributed by atoms with Crippen molar-refractivity contribution in [3.05, 3.63) is 71.4 Å². The van der Waals surface area contributed by atoms with Gasteiger partial charge in [0, 0.05) is 12.4 Å². The maximum absolute atomic E-state index is 11.5. The van der Waals surface area contributed by atoms with E-state index in [0.29, 0.717) is 10.6 Å². The van der Waals surface area contributed by atoms with E-state index in [1.807, 2.05) is 30.3 Å². The first-order chi connectivity index (χ1) is 8.74. The van der Waals surface area contributed by atoms with E-state index in [-0.39, 0.29) is 6.61 Å². The molecule has 0 amide bonds. The standard InChI is InChI=1S/C14H11ClNO2/c15-13-6-12(8-16-9-13)7-14(17)18-10-11-4-2-1-3-5-11/h1-9H,10H2. The molecule has 2 rings (SSSR count). The lowest BCUT2D eigenvalue weighted by atomic mass is 10.2. The Balaban J connectivity index is 1.86. The third-order valence-corrected chi connectivity index (χ3v) is 2.44. The van der Waals surface area contributed by atoms with E-state index in [1.165, 1.54) is 12.6 Å². The highest BCUT2D eigenvalue weighted by molar-refractivity contribution is 6.30. The molecular weight excluding hydrogens is 250 g/mol. The molecule has 0 atom stereocenters. The smallest absolute Gasteiger partial charge is 0.315 e. The molecule has 1 aromatic heterocycles. The predicted octanol–water partition coefficient (Wildman–Crippen LogP) is 3.03. The number of ether oxygens (including phenoxy) is 1. The molecule has 2 aromatic rings. The summed E-state index contributed by atoms with van der Waals surface area (Å²) in [6.07, 6.45) is 4.42. The number of esters is 1. The van der Waals surface area contributed by atoms with E-state index in [0.717, 1.165) is 5.56 Å². The van der Waals surface area contributed by atoms with Gasteiger partial charge in [0.2, 0.25) is 0 Å². The van der Waals surface area contributed by atoms with E-state index < -0.39 is 5.97 Å². The molecule has 1 heterocycles. The van der Waals surface area contributed by atoms with Gasteiger partial charge in [-0.15, -0.1) is 0 Å². The number of hydrogen-bond donors (Lipinski definition) is 0. The lowest BCUT2D eigenvalue weighted by molar-refractivity contribution is -0.140. The van der Waals surface area contributed by atoms with Gasteiger partial charge < -0.3 is 4.74 Å². The summed E-state index contributed by atoms with van der Waals surface area (Å²) in [6.45, 7) is 0.254. The van der Waals surface area contributed by atoms with Crippen LogP contribution < -0.4 is 0 Å². The Morgan fingerprint density at radius 1 is 1.28 bits per heavy atom. The van der Waals surface area contributed by atoms with Crippen molar-refractivity contribution in [1.82, 2.24) is 4.98 Å². The fourth-order valence-electron chi connectivity index (χ4n) is 1.41. The van der Waals surface area contributed by atoms with Crippen molar-refractivity contribution in [1.29, 1.82) is 0 Å². The minimum absolute atomic E-state index is 0.254. The number of rotatable bonds is 4. The summed E-state index contributed by atoms with van der Waals surface area (Å²) in [4.78, 5) is 15.4. The van der Waals surface area contributed by atoms with Crippen LogP contribution in [-0.4, -0.2) is 11.0 Å². The van der Waals surface area contributed by atoms with Gasteiger partial charge in [0.1, 0.15) is 13.0 Å². The monoisotopic (exact) mass is 260 g/mol. The second-order valence-corrected chi connectivity index (χ2v) is 4.11. The second-order valence-electron chi connectivity index (χ2n) is 3.67. The molecule has 1 aromatic carbocycles. The van der Waals surface area contributed by atoms with Crippen LogP contribution in [0.4, 0.5) is 0 Å². The molecule has 0 fully saturated rings. The number of pyridine rings is 1. The van der Waals surface area contributed by atoms with Crippen LogP contribution in [0, 0.1) is 6.42 Å². The molecule has 0 aliphatic carbocycles. The maximum Gasteiger partial charge on any atom is 0.315 e. The third-order valence-electron chi connectivity index (χ3n) is 2.23. The first-order valence-corrected chi connectivity index (χ1v) is 5.78. The van der Waals surface area contributed by atoms with Crippen LogP contribution in [0.1, 0.15) is 11.1 Å². The molecule has 91 valence electrons. The summed E-state index contributed by atoms with van der Waals surface area (Å²) in [7, 11) is 0. The summed E-state index contributed by atoms with van der Waals surface area (Å²) in [6, 6.07) is 11.2. The number of benzene rings is 1.